The van der Waals surface area contributed by atoms with E-state index in [2.05, 4.69) is 9.97 Å². The molecule has 1 rings (SSSR count). The van der Waals surface area contributed by atoms with Crippen molar-refractivity contribution in [3.8, 4) is 5.88 Å². The van der Waals surface area contributed by atoms with Crippen LogP contribution in [0.25, 0.3) is 0 Å². The molecule has 1 heterocycles. The van der Waals surface area contributed by atoms with E-state index in [0.29, 0.717) is 17.3 Å². The number of hydrogen-bond acceptors (Lipinski definition) is 5. The van der Waals surface area contributed by atoms with Crippen LogP contribution in [0.2, 0.25) is 0 Å². The third-order valence-corrected chi connectivity index (χ3v) is 1.68. The van der Waals surface area contributed by atoms with Crippen molar-refractivity contribution in [2.24, 2.45) is 5.73 Å². The zero-order valence-corrected chi connectivity index (χ0v) is 7.69. The quantitative estimate of drug-likeness (QED) is 0.677. The van der Waals surface area contributed by atoms with E-state index < -0.39 is 6.10 Å². The Hall–Kier alpha value is -1.20. The topological polar surface area (TPSA) is 81.3 Å². The highest BCUT2D eigenvalue weighted by Crippen LogP contribution is 2.14. The van der Waals surface area contributed by atoms with Crippen LogP contribution in [0.3, 0.4) is 0 Å². The first kappa shape index (κ1) is 9.88. The Morgan fingerprint density at radius 2 is 2.38 bits per heavy atom. The van der Waals surface area contributed by atoms with Crippen LogP contribution in [-0.4, -0.2) is 28.7 Å². The number of aliphatic hydroxyl groups is 1. The molecular formula is C8H13N3O2. The molecule has 0 bridgehead atoms. The normalized spacial score (nSPS) is 12.6. The number of rotatable bonds is 3. The molecule has 1 atom stereocenters. The van der Waals surface area contributed by atoms with Gasteiger partial charge in [-0.1, -0.05) is 0 Å². The molecule has 0 fully saturated rings. The number of hydrogen-bond donors (Lipinski definition) is 2. The molecule has 1 aromatic rings. The number of aryl methyl sites for hydroxylation is 1. The molecule has 0 amide bonds. The molecule has 0 aliphatic carbocycles. The summed E-state index contributed by atoms with van der Waals surface area (Å²) >= 11 is 0. The molecule has 3 N–H and O–H groups in total. The smallest absolute Gasteiger partial charge is 0.235 e. The van der Waals surface area contributed by atoms with Gasteiger partial charge < -0.3 is 15.6 Å². The number of aliphatic hydroxyl groups excluding tert-OH is 1. The third kappa shape index (κ3) is 2.13. The zero-order chi connectivity index (χ0) is 9.84. The van der Waals surface area contributed by atoms with E-state index in [0.717, 1.165) is 0 Å². The number of methoxy groups -OCH3 is 1. The lowest BCUT2D eigenvalue weighted by atomic mass is 10.2. The minimum Gasteiger partial charge on any atom is -0.480 e. The molecule has 0 saturated heterocycles. The molecule has 1 unspecified atom stereocenters. The van der Waals surface area contributed by atoms with Gasteiger partial charge in [-0.2, -0.15) is 0 Å². The molecule has 72 valence electrons. The molecule has 0 aliphatic rings. The predicted octanol–water partition coefficient (Wildman–Crippen LogP) is -0.214. The van der Waals surface area contributed by atoms with Crippen LogP contribution in [0.5, 0.6) is 5.88 Å². The van der Waals surface area contributed by atoms with Gasteiger partial charge in [0, 0.05) is 6.54 Å². The van der Waals surface area contributed by atoms with E-state index in [1.165, 1.54) is 13.3 Å². The van der Waals surface area contributed by atoms with Gasteiger partial charge in [0.2, 0.25) is 5.88 Å². The van der Waals surface area contributed by atoms with Gasteiger partial charge in [0.1, 0.15) is 6.10 Å². The minimum atomic E-state index is -0.753. The summed E-state index contributed by atoms with van der Waals surface area (Å²) in [5.74, 6) is 0.466. The summed E-state index contributed by atoms with van der Waals surface area (Å²) in [4.78, 5) is 8.06. The lowest BCUT2D eigenvalue weighted by Gasteiger charge is -2.08. The molecule has 0 spiro atoms. The van der Waals surface area contributed by atoms with Gasteiger partial charge in [0.25, 0.3) is 0 Å². The van der Waals surface area contributed by atoms with Gasteiger partial charge in [-0.15, -0.1) is 0 Å². The maximum atomic E-state index is 9.35. The Balaban J connectivity index is 2.95. The molecule has 0 radical (unpaired) electrons. The van der Waals surface area contributed by atoms with Crippen LogP contribution in [-0.2, 0) is 0 Å². The van der Waals surface area contributed by atoms with Gasteiger partial charge in [-0.05, 0) is 6.92 Å². The Morgan fingerprint density at radius 1 is 1.69 bits per heavy atom. The van der Waals surface area contributed by atoms with Gasteiger partial charge in [-0.25, -0.2) is 9.97 Å². The summed E-state index contributed by atoms with van der Waals surface area (Å²) < 4.78 is 4.93. The second-order valence-electron chi connectivity index (χ2n) is 2.64. The number of ether oxygens (including phenoxy) is 1. The van der Waals surface area contributed by atoms with Crippen molar-refractivity contribution in [2.45, 2.75) is 13.0 Å². The van der Waals surface area contributed by atoms with Crippen LogP contribution < -0.4 is 10.5 Å². The second kappa shape index (κ2) is 4.15. The lowest BCUT2D eigenvalue weighted by molar-refractivity contribution is 0.181. The summed E-state index contributed by atoms with van der Waals surface area (Å²) in [6.45, 7) is 1.90. The summed E-state index contributed by atoms with van der Waals surface area (Å²) in [5.41, 5.74) is 6.39. The van der Waals surface area contributed by atoms with E-state index >= 15 is 0 Å². The SMILES string of the molecule is COc1ncc(C(O)CN)nc1C. The molecule has 5 nitrogen and oxygen atoms in total. The first-order valence-corrected chi connectivity index (χ1v) is 3.94. The molecule has 0 saturated carbocycles. The fraction of sp³-hybridized carbons (Fsp3) is 0.500. The highest BCUT2D eigenvalue weighted by Gasteiger charge is 2.09. The van der Waals surface area contributed by atoms with E-state index in [4.69, 9.17) is 10.5 Å². The molecule has 1 aromatic heterocycles. The van der Waals surface area contributed by atoms with Crippen molar-refractivity contribution in [1.29, 1.82) is 0 Å². The van der Waals surface area contributed by atoms with Crippen molar-refractivity contribution in [1.82, 2.24) is 9.97 Å². The van der Waals surface area contributed by atoms with Crippen molar-refractivity contribution >= 4 is 0 Å². The molecular weight excluding hydrogens is 170 g/mol. The monoisotopic (exact) mass is 183 g/mol. The van der Waals surface area contributed by atoms with Crippen LogP contribution in [0.1, 0.15) is 17.5 Å². The molecule has 0 aromatic carbocycles. The number of nitrogens with two attached hydrogens (primary N) is 1. The fourth-order valence-electron chi connectivity index (χ4n) is 0.970. The highest BCUT2D eigenvalue weighted by molar-refractivity contribution is 5.19. The number of nitrogens with zero attached hydrogens (tertiary/aromatic N) is 2. The Labute approximate surface area is 76.6 Å². The first-order chi connectivity index (χ1) is 6.19. The van der Waals surface area contributed by atoms with Gasteiger partial charge >= 0.3 is 0 Å². The molecule has 5 heteroatoms. The van der Waals surface area contributed by atoms with Crippen molar-refractivity contribution in [3.05, 3.63) is 17.6 Å². The lowest BCUT2D eigenvalue weighted by Crippen LogP contribution is -2.14. The van der Waals surface area contributed by atoms with Gasteiger partial charge in [0.05, 0.1) is 24.7 Å². The van der Waals surface area contributed by atoms with Gasteiger partial charge in [-0.3, -0.25) is 0 Å². The van der Waals surface area contributed by atoms with E-state index in [9.17, 15) is 5.11 Å². The van der Waals surface area contributed by atoms with Crippen LogP contribution in [0.4, 0.5) is 0 Å². The van der Waals surface area contributed by atoms with Gasteiger partial charge in [0.15, 0.2) is 0 Å². The van der Waals surface area contributed by atoms with E-state index in [1.54, 1.807) is 6.92 Å². The van der Waals surface area contributed by atoms with E-state index in [1.807, 2.05) is 0 Å². The Morgan fingerprint density at radius 3 is 2.85 bits per heavy atom. The molecule has 0 aliphatic heterocycles. The first-order valence-electron chi connectivity index (χ1n) is 3.94. The second-order valence-corrected chi connectivity index (χ2v) is 2.64. The average Bonchev–Trinajstić information content (AvgIpc) is 2.16. The zero-order valence-electron chi connectivity index (χ0n) is 7.69. The van der Waals surface area contributed by atoms with Crippen molar-refractivity contribution in [3.63, 3.8) is 0 Å². The van der Waals surface area contributed by atoms with E-state index in [-0.39, 0.29) is 6.54 Å². The third-order valence-electron chi connectivity index (χ3n) is 1.68. The average molecular weight is 183 g/mol. The Kier molecular flexibility index (Phi) is 3.16. The van der Waals surface area contributed by atoms with Crippen molar-refractivity contribution in [2.75, 3.05) is 13.7 Å². The summed E-state index contributed by atoms with van der Waals surface area (Å²) in [7, 11) is 1.52. The standard InChI is InChI=1S/C8H13N3O2/c1-5-8(13-2)10-4-6(11-5)7(12)3-9/h4,7,12H,3,9H2,1-2H3. The largest absolute Gasteiger partial charge is 0.480 e. The molecule has 13 heavy (non-hydrogen) atoms. The maximum absolute atomic E-state index is 9.35. The predicted molar refractivity (Wildman–Crippen MR) is 47.3 cm³/mol. The summed E-state index contributed by atoms with van der Waals surface area (Å²) in [6.07, 6.45) is 0.709. The Bertz CT molecular complexity index is 291. The maximum Gasteiger partial charge on any atom is 0.235 e. The van der Waals surface area contributed by atoms with Crippen LogP contribution in [0.15, 0.2) is 6.20 Å². The summed E-state index contributed by atoms with van der Waals surface area (Å²) in [6, 6.07) is 0. The minimum absolute atomic E-state index is 0.139. The number of aromatic nitrogens is 2. The fourth-order valence-corrected chi connectivity index (χ4v) is 0.970. The van der Waals surface area contributed by atoms with Crippen molar-refractivity contribution < 1.29 is 9.84 Å². The van der Waals surface area contributed by atoms with Crippen LogP contribution >= 0.6 is 0 Å². The highest BCUT2D eigenvalue weighted by atomic mass is 16.5. The van der Waals surface area contributed by atoms with Crippen LogP contribution in [0, 0.1) is 6.92 Å². The summed E-state index contributed by atoms with van der Waals surface area (Å²) in [5, 5.41) is 9.35.